The van der Waals surface area contributed by atoms with Gasteiger partial charge in [0, 0.05) is 23.9 Å². The Bertz CT molecular complexity index is 795. The standard InChI is InChI=1S/C19H18N2O3/c22-19(13-10-14-8-11-16(12-9-14)21(23)24)20-18-7-3-5-15-4-1-2-6-17(15)18/h3,5,7-13H,1-2,4,6H2,(H,20,22). The van der Waals surface area contributed by atoms with E-state index >= 15 is 0 Å². The van der Waals surface area contributed by atoms with E-state index in [1.54, 1.807) is 18.2 Å². The van der Waals surface area contributed by atoms with Gasteiger partial charge in [0.1, 0.15) is 0 Å². The third-order valence-corrected chi connectivity index (χ3v) is 4.18. The molecule has 5 heteroatoms. The lowest BCUT2D eigenvalue weighted by Gasteiger charge is -2.19. The molecule has 0 unspecified atom stereocenters. The summed E-state index contributed by atoms with van der Waals surface area (Å²) in [5, 5.41) is 13.6. The summed E-state index contributed by atoms with van der Waals surface area (Å²) in [6, 6.07) is 12.1. The molecule has 1 aliphatic rings. The highest BCUT2D eigenvalue weighted by atomic mass is 16.6. The number of nitro benzene ring substituents is 1. The van der Waals surface area contributed by atoms with E-state index in [1.807, 2.05) is 12.1 Å². The van der Waals surface area contributed by atoms with Crippen LogP contribution in [0.15, 0.2) is 48.5 Å². The lowest BCUT2D eigenvalue weighted by Crippen LogP contribution is -2.12. The van der Waals surface area contributed by atoms with Crippen molar-refractivity contribution in [3.63, 3.8) is 0 Å². The van der Waals surface area contributed by atoms with E-state index in [-0.39, 0.29) is 11.6 Å². The molecule has 122 valence electrons. The van der Waals surface area contributed by atoms with Gasteiger partial charge in [0.15, 0.2) is 0 Å². The quantitative estimate of drug-likeness (QED) is 0.523. The number of hydrogen-bond donors (Lipinski definition) is 1. The number of amides is 1. The molecule has 5 nitrogen and oxygen atoms in total. The van der Waals surface area contributed by atoms with Crippen molar-refractivity contribution in [3.05, 3.63) is 75.3 Å². The van der Waals surface area contributed by atoms with Gasteiger partial charge in [-0.15, -0.1) is 0 Å². The molecular weight excluding hydrogens is 304 g/mol. The monoisotopic (exact) mass is 322 g/mol. The predicted molar refractivity (Wildman–Crippen MR) is 93.8 cm³/mol. The maximum absolute atomic E-state index is 12.1. The van der Waals surface area contributed by atoms with Gasteiger partial charge in [-0.3, -0.25) is 14.9 Å². The van der Waals surface area contributed by atoms with Crippen LogP contribution in [0.3, 0.4) is 0 Å². The Morgan fingerprint density at radius 1 is 1.08 bits per heavy atom. The van der Waals surface area contributed by atoms with Gasteiger partial charge >= 0.3 is 0 Å². The van der Waals surface area contributed by atoms with Crippen molar-refractivity contribution in [2.45, 2.75) is 25.7 Å². The van der Waals surface area contributed by atoms with Crippen LogP contribution < -0.4 is 5.32 Å². The van der Waals surface area contributed by atoms with Crippen LogP contribution in [0.5, 0.6) is 0 Å². The highest BCUT2D eigenvalue weighted by molar-refractivity contribution is 6.02. The molecular formula is C19H18N2O3. The topological polar surface area (TPSA) is 72.2 Å². The van der Waals surface area contributed by atoms with E-state index in [4.69, 9.17) is 0 Å². The average molecular weight is 322 g/mol. The molecule has 0 saturated carbocycles. The van der Waals surface area contributed by atoms with Crippen LogP contribution in [-0.2, 0) is 17.6 Å². The normalized spacial score (nSPS) is 13.5. The summed E-state index contributed by atoms with van der Waals surface area (Å²) in [4.78, 5) is 22.3. The third kappa shape index (κ3) is 3.68. The number of nitro groups is 1. The molecule has 1 amide bonds. The van der Waals surface area contributed by atoms with Gasteiger partial charge in [-0.1, -0.05) is 12.1 Å². The van der Waals surface area contributed by atoms with Gasteiger partial charge in [-0.05, 0) is 66.6 Å². The van der Waals surface area contributed by atoms with Crippen molar-refractivity contribution in [2.75, 3.05) is 5.32 Å². The summed E-state index contributed by atoms with van der Waals surface area (Å²) in [5.74, 6) is -0.202. The minimum Gasteiger partial charge on any atom is -0.322 e. The first kappa shape index (κ1) is 15.9. The largest absolute Gasteiger partial charge is 0.322 e. The average Bonchev–Trinajstić information content (AvgIpc) is 2.61. The van der Waals surface area contributed by atoms with Gasteiger partial charge in [-0.2, -0.15) is 0 Å². The molecule has 0 radical (unpaired) electrons. The Balaban J connectivity index is 1.68. The highest BCUT2D eigenvalue weighted by Crippen LogP contribution is 2.27. The van der Waals surface area contributed by atoms with E-state index in [0.29, 0.717) is 0 Å². The zero-order chi connectivity index (χ0) is 16.9. The molecule has 1 N–H and O–H groups in total. The summed E-state index contributed by atoms with van der Waals surface area (Å²) in [6.45, 7) is 0. The van der Waals surface area contributed by atoms with Crippen molar-refractivity contribution in [1.82, 2.24) is 0 Å². The first-order valence-corrected chi connectivity index (χ1v) is 7.98. The molecule has 24 heavy (non-hydrogen) atoms. The molecule has 0 aliphatic heterocycles. The van der Waals surface area contributed by atoms with Crippen LogP contribution in [0.1, 0.15) is 29.5 Å². The zero-order valence-electron chi connectivity index (χ0n) is 13.2. The van der Waals surface area contributed by atoms with E-state index in [2.05, 4.69) is 11.4 Å². The Morgan fingerprint density at radius 2 is 1.83 bits per heavy atom. The number of fused-ring (bicyclic) bond motifs is 1. The Kier molecular flexibility index (Phi) is 4.70. The van der Waals surface area contributed by atoms with Crippen molar-refractivity contribution in [3.8, 4) is 0 Å². The zero-order valence-corrected chi connectivity index (χ0v) is 13.2. The molecule has 0 spiro atoms. The van der Waals surface area contributed by atoms with Crippen LogP contribution in [0.25, 0.3) is 6.08 Å². The summed E-state index contributed by atoms with van der Waals surface area (Å²) < 4.78 is 0. The van der Waals surface area contributed by atoms with Crippen molar-refractivity contribution >= 4 is 23.4 Å². The Labute approximate surface area is 140 Å². The van der Waals surface area contributed by atoms with Gasteiger partial charge in [0.25, 0.3) is 5.69 Å². The second kappa shape index (κ2) is 7.08. The second-order valence-electron chi connectivity index (χ2n) is 5.82. The fourth-order valence-electron chi connectivity index (χ4n) is 2.95. The number of anilines is 1. The van der Waals surface area contributed by atoms with Crippen molar-refractivity contribution < 1.29 is 9.72 Å². The lowest BCUT2D eigenvalue weighted by atomic mass is 9.90. The number of aryl methyl sites for hydroxylation is 1. The smallest absolute Gasteiger partial charge is 0.269 e. The minimum atomic E-state index is -0.446. The van der Waals surface area contributed by atoms with Gasteiger partial charge < -0.3 is 5.32 Å². The van der Waals surface area contributed by atoms with E-state index < -0.39 is 4.92 Å². The van der Waals surface area contributed by atoms with Gasteiger partial charge in [0.2, 0.25) is 5.91 Å². The van der Waals surface area contributed by atoms with Crippen molar-refractivity contribution in [2.24, 2.45) is 0 Å². The number of benzene rings is 2. The number of carbonyl (C=O) groups is 1. The Hall–Kier alpha value is -2.95. The Morgan fingerprint density at radius 3 is 2.58 bits per heavy atom. The van der Waals surface area contributed by atoms with Gasteiger partial charge in [0.05, 0.1) is 4.92 Å². The molecule has 0 heterocycles. The van der Waals surface area contributed by atoms with Crippen LogP contribution >= 0.6 is 0 Å². The summed E-state index contributed by atoms with van der Waals surface area (Å²) in [5.41, 5.74) is 4.21. The molecule has 2 aromatic carbocycles. The fraction of sp³-hybridized carbons (Fsp3) is 0.211. The summed E-state index contributed by atoms with van der Waals surface area (Å²) >= 11 is 0. The third-order valence-electron chi connectivity index (χ3n) is 4.18. The van der Waals surface area contributed by atoms with Crippen LogP contribution in [0.4, 0.5) is 11.4 Å². The van der Waals surface area contributed by atoms with Gasteiger partial charge in [-0.25, -0.2) is 0 Å². The van der Waals surface area contributed by atoms with Crippen molar-refractivity contribution in [1.29, 1.82) is 0 Å². The molecule has 0 atom stereocenters. The predicted octanol–water partition coefficient (Wildman–Crippen LogP) is 4.13. The number of rotatable bonds is 4. The first-order chi connectivity index (χ1) is 11.6. The number of carbonyl (C=O) groups excluding carboxylic acids is 1. The van der Waals surface area contributed by atoms with Crippen LogP contribution in [0.2, 0.25) is 0 Å². The maximum Gasteiger partial charge on any atom is 0.269 e. The van der Waals surface area contributed by atoms with E-state index in [1.165, 1.54) is 35.8 Å². The molecule has 0 fully saturated rings. The minimum absolute atomic E-state index is 0.0347. The summed E-state index contributed by atoms with van der Waals surface area (Å²) in [6.07, 6.45) is 7.51. The molecule has 0 bridgehead atoms. The first-order valence-electron chi connectivity index (χ1n) is 7.98. The number of hydrogen-bond acceptors (Lipinski definition) is 3. The molecule has 3 rings (SSSR count). The lowest BCUT2D eigenvalue weighted by molar-refractivity contribution is -0.384. The fourth-order valence-corrected chi connectivity index (χ4v) is 2.95. The molecule has 0 aromatic heterocycles. The maximum atomic E-state index is 12.1. The molecule has 2 aromatic rings. The number of non-ortho nitro benzene ring substituents is 1. The van der Waals surface area contributed by atoms with Crippen LogP contribution in [0, 0.1) is 10.1 Å². The molecule has 0 saturated heterocycles. The summed E-state index contributed by atoms with van der Waals surface area (Å²) in [7, 11) is 0. The number of nitrogens with one attached hydrogen (secondary N) is 1. The van der Waals surface area contributed by atoms with Crippen LogP contribution in [-0.4, -0.2) is 10.8 Å². The second-order valence-corrected chi connectivity index (χ2v) is 5.82. The highest BCUT2D eigenvalue weighted by Gasteiger charge is 2.13. The number of nitrogens with zero attached hydrogens (tertiary/aromatic N) is 1. The van der Waals surface area contributed by atoms with E-state index in [0.717, 1.165) is 30.5 Å². The van der Waals surface area contributed by atoms with E-state index in [9.17, 15) is 14.9 Å². The molecule has 1 aliphatic carbocycles. The SMILES string of the molecule is O=C(C=Cc1ccc([N+](=O)[O-])cc1)Nc1cccc2c1CCCC2.